The molecule has 10 heavy (non-hydrogen) atoms. The van der Waals surface area contributed by atoms with E-state index in [4.69, 9.17) is 10.2 Å². The van der Waals surface area contributed by atoms with Crippen LogP contribution in [0.5, 0.6) is 0 Å². The van der Waals surface area contributed by atoms with E-state index in [2.05, 4.69) is 0 Å². The predicted octanol–water partition coefficient (Wildman–Crippen LogP) is 1.09. The van der Waals surface area contributed by atoms with Gasteiger partial charge in [-0.3, -0.25) is 0 Å². The average Bonchev–Trinajstić information content (AvgIpc) is 1.98. The van der Waals surface area contributed by atoms with E-state index in [1.807, 2.05) is 13.0 Å². The van der Waals surface area contributed by atoms with E-state index < -0.39 is 0 Å². The minimum absolute atomic E-state index is 0.133. The van der Waals surface area contributed by atoms with E-state index in [0.717, 1.165) is 24.8 Å². The predicted molar refractivity (Wildman–Crippen MR) is 41.8 cm³/mol. The molecule has 0 radical (unpaired) electrons. The summed E-state index contributed by atoms with van der Waals surface area (Å²) in [6.45, 7) is 2.38. The molecule has 2 N–H and O–H groups in total. The molecule has 0 aliphatic rings. The lowest BCUT2D eigenvalue weighted by atomic mass is 10.1. The molecule has 0 aliphatic carbocycles. The van der Waals surface area contributed by atoms with Gasteiger partial charge in [0.05, 0.1) is 6.61 Å². The zero-order valence-electron chi connectivity index (χ0n) is 6.51. The van der Waals surface area contributed by atoms with E-state index in [-0.39, 0.29) is 13.2 Å². The second-order valence-electron chi connectivity index (χ2n) is 2.26. The largest absolute Gasteiger partial charge is 0.396 e. The van der Waals surface area contributed by atoms with Gasteiger partial charge in [0.15, 0.2) is 0 Å². The quantitative estimate of drug-likeness (QED) is 0.567. The Bertz CT molecular complexity index is 97.4. The number of hydrogen-bond donors (Lipinski definition) is 2. The highest BCUT2D eigenvalue weighted by Gasteiger charge is 1.92. The molecule has 0 spiro atoms. The third kappa shape index (κ3) is 4.53. The van der Waals surface area contributed by atoms with Crippen LogP contribution in [0.25, 0.3) is 0 Å². The van der Waals surface area contributed by atoms with Crippen LogP contribution in [0.15, 0.2) is 11.6 Å². The van der Waals surface area contributed by atoms with E-state index in [9.17, 15) is 0 Å². The van der Waals surface area contributed by atoms with Crippen LogP contribution < -0.4 is 0 Å². The highest BCUT2D eigenvalue weighted by atomic mass is 16.3. The number of rotatable bonds is 5. The van der Waals surface area contributed by atoms with Crippen LogP contribution in [-0.2, 0) is 0 Å². The van der Waals surface area contributed by atoms with Crippen molar-refractivity contribution in [2.45, 2.75) is 26.2 Å². The first-order valence-corrected chi connectivity index (χ1v) is 3.74. The lowest BCUT2D eigenvalue weighted by Crippen LogP contribution is -1.92. The van der Waals surface area contributed by atoms with Crippen LogP contribution >= 0.6 is 0 Å². The van der Waals surface area contributed by atoms with Crippen molar-refractivity contribution in [1.82, 2.24) is 0 Å². The lowest BCUT2D eigenvalue weighted by molar-refractivity contribution is 0.280. The molecule has 0 fully saturated rings. The fourth-order valence-corrected chi connectivity index (χ4v) is 0.840. The molecule has 0 unspecified atom stereocenters. The fraction of sp³-hybridized carbons (Fsp3) is 0.750. The van der Waals surface area contributed by atoms with Crippen molar-refractivity contribution in [3.63, 3.8) is 0 Å². The molecule has 0 aromatic rings. The molecule has 0 amide bonds. The van der Waals surface area contributed by atoms with Crippen molar-refractivity contribution in [3.05, 3.63) is 11.6 Å². The molecule has 0 atom stereocenters. The Morgan fingerprint density at radius 1 is 1.40 bits per heavy atom. The molecule has 0 bridgehead atoms. The van der Waals surface area contributed by atoms with Gasteiger partial charge in [-0.2, -0.15) is 0 Å². The van der Waals surface area contributed by atoms with E-state index in [1.165, 1.54) is 0 Å². The normalized spacial score (nSPS) is 12.1. The van der Waals surface area contributed by atoms with Crippen LogP contribution in [0.2, 0.25) is 0 Å². The van der Waals surface area contributed by atoms with Crippen molar-refractivity contribution in [1.29, 1.82) is 0 Å². The molecule has 0 aliphatic heterocycles. The zero-order chi connectivity index (χ0) is 7.82. The van der Waals surface area contributed by atoms with Gasteiger partial charge in [-0.15, -0.1) is 0 Å². The molecule has 60 valence electrons. The average molecular weight is 144 g/mol. The molecule has 2 heteroatoms. The van der Waals surface area contributed by atoms with Gasteiger partial charge in [-0.05, 0) is 24.8 Å². The second kappa shape index (κ2) is 6.78. The van der Waals surface area contributed by atoms with Crippen molar-refractivity contribution in [2.24, 2.45) is 0 Å². The van der Waals surface area contributed by atoms with Crippen LogP contribution in [0.1, 0.15) is 26.2 Å². The topological polar surface area (TPSA) is 40.5 Å². The molecule has 0 aromatic carbocycles. The van der Waals surface area contributed by atoms with Gasteiger partial charge in [0, 0.05) is 6.61 Å². The van der Waals surface area contributed by atoms with Crippen molar-refractivity contribution >= 4 is 0 Å². The highest BCUT2D eigenvalue weighted by Crippen LogP contribution is 2.04. The SMILES string of the molecule is CC/C=C(/CO)CCCO. The minimum Gasteiger partial charge on any atom is -0.396 e. The van der Waals surface area contributed by atoms with Gasteiger partial charge in [-0.25, -0.2) is 0 Å². The van der Waals surface area contributed by atoms with Crippen LogP contribution in [0, 0.1) is 0 Å². The zero-order valence-corrected chi connectivity index (χ0v) is 6.51. The monoisotopic (exact) mass is 144 g/mol. The summed E-state index contributed by atoms with van der Waals surface area (Å²) in [5.74, 6) is 0. The van der Waals surface area contributed by atoms with Crippen LogP contribution in [0.4, 0.5) is 0 Å². The Balaban J connectivity index is 3.49. The molecule has 0 rings (SSSR count). The molecule has 0 aromatic heterocycles. The minimum atomic E-state index is 0.133. The van der Waals surface area contributed by atoms with Gasteiger partial charge in [-0.1, -0.05) is 13.0 Å². The Morgan fingerprint density at radius 2 is 2.10 bits per heavy atom. The summed E-state index contributed by atoms with van der Waals surface area (Å²) in [4.78, 5) is 0. The first-order chi connectivity index (χ1) is 4.85. The summed E-state index contributed by atoms with van der Waals surface area (Å²) in [5, 5.41) is 17.2. The maximum atomic E-state index is 8.73. The van der Waals surface area contributed by atoms with Crippen LogP contribution in [-0.4, -0.2) is 23.4 Å². The van der Waals surface area contributed by atoms with Crippen molar-refractivity contribution in [3.8, 4) is 0 Å². The highest BCUT2D eigenvalue weighted by molar-refractivity contribution is 5.01. The third-order valence-electron chi connectivity index (χ3n) is 1.35. The Labute approximate surface area is 62.2 Å². The first-order valence-electron chi connectivity index (χ1n) is 3.74. The van der Waals surface area contributed by atoms with Gasteiger partial charge in [0.1, 0.15) is 0 Å². The Morgan fingerprint density at radius 3 is 2.50 bits per heavy atom. The maximum absolute atomic E-state index is 8.73. The molecule has 2 nitrogen and oxygen atoms in total. The lowest BCUT2D eigenvalue weighted by Gasteiger charge is -2.00. The summed E-state index contributed by atoms with van der Waals surface area (Å²) >= 11 is 0. The molecule has 0 saturated carbocycles. The van der Waals surface area contributed by atoms with Gasteiger partial charge in [0.2, 0.25) is 0 Å². The molecule has 0 heterocycles. The first kappa shape index (κ1) is 9.66. The Kier molecular flexibility index (Phi) is 6.55. The second-order valence-corrected chi connectivity index (χ2v) is 2.26. The summed E-state index contributed by atoms with van der Waals surface area (Å²) in [6, 6.07) is 0. The van der Waals surface area contributed by atoms with Crippen LogP contribution in [0.3, 0.4) is 0 Å². The number of allylic oxidation sites excluding steroid dienone is 1. The molecular weight excluding hydrogens is 128 g/mol. The smallest absolute Gasteiger partial charge is 0.0641 e. The van der Waals surface area contributed by atoms with Gasteiger partial charge in [0.25, 0.3) is 0 Å². The van der Waals surface area contributed by atoms with Crippen molar-refractivity contribution in [2.75, 3.05) is 13.2 Å². The number of aliphatic hydroxyl groups is 2. The summed E-state index contributed by atoms with van der Waals surface area (Å²) in [7, 11) is 0. The van der Waals surface area contributed by atoms with Crippen molar-refractivity contribution < 1.29 is 10.2 Å². The van der Waals surface area contributed by atoms with Gasteiger partial charge >= 0.3 is 0 Å². The third-order valence-corrected chi connectivity index (χ3v) is 1.35. The van der Waals surface area contributed by atoms with E-state index in [0.29, 0.717) is 0 Å². The molecular formula is C8H16O2. The number of aliphatic hydroxyl groups excluding tert-OH is 2. The number of hydrogen-bond acceptors (Lipinski definition) is 2. The summed E-state index contributed by atoms with van der Waals surface area (Å²) in [5.41, 5.74) is 1.04. The van der Waals surface area contributed by atoms with E-state index in [1.54, 1.807) is 0 Å². The maximum Gasteiger partial charge on any atom is 0.0641 e. The standard InChI is InChI=1S/C8H16O2/c1-2-4-8(7-10)5-3-6-9/h4,9-10H,2-3,5-7H2,1H3/b8-4+. The summed E-state index contributed by atoms with van der Waals surface area (Å²) in [6.07, 6.45) is 4.55. The van der Waals surface area contributed by atoms with Gasteiger partial charge < -0.3 is 10.2 Å². The van der Waals surface area contributed by atoms with E-state index >= 15 is 0 Å². The fourth-order valence-electron chi connectivity index (χ4n) is 0.840. The Hall–Kier alpha value is -0.340. The molecule has 0 saturated heterocycles. The summed E-state index contributed by atoms with van der Waals surface area (Å²) < 4.78 is 0.